The molecule has 0 unspecified atom stereocenters. The predicted octanol–water partition coefficient (Wildman–Crippen LogP) is 3.43. The first-order valence-electron chi connectivity index (χ1n) is 4.54. The van der Waals surface area contributed by atoms with Crippen LogP contribution in [0.4, 0.5) is 0 Å². The SMILES string of the molecule is c1coc(-c2ccc3cc[nH]c3c2)c1. The molecule has 0 saturated heterocycles. The number of nitrogens with one attached hydrogen (secondary N) is 1. The van der Waals surface area contributed by atoms with Crippen LogP contribution in [0.2, 0.25) is 0 Å². The minimum absolute atomic E-state index is 0.904. The van der Waals surface area contributed by atoms with Crippen molar-refractivity contribution >= 4 is 10.9 Å². The zero-order valence-corrected chi connectivity index (χ0v) is 7.53. The summed E-state index contributed by atoms with van der Waals surface area (Å²) in [6, 6.07) is 12.2. The summed E-state index contributed by atoms with van der Waals surface area (Å²) in [6.45, 7) is 0. The molecule has 2 aromatic heterocycles. The number of aromatic nitrogens is 1. The van der Waals surface area contributed by atoms with E-state index in [-0.39, 0.29) is 0 Å². The van der Waals surface area contributed by atoms with Crippen molar-refractivity contribution in [3.63, 3.8) is 0 Å². The highest BCUT2D eigenvalue weighted by atomic mass is 16.3. The maximum atomic E-state index is 5.33. The third-order valence-electron chi connectivity index (χ3n) is 2.36. The van der Waals surface area contributed by atoms with Gasteiger partial charge in [-0.25, -0.2) is 0 Å². The van der Waals surface area contributed by atoms with Crippen molar-refractivity contribution in [1.82, 2.24) is 4.98 Å². The molecule has 3 rings (SSSR count). The molecule has 0 saturated carbocycles. The predicted molar refractivity (Wildman–Crippen MR) is 56.0 cm³/mol. The van der Waals surface area contributed by atoms with Crippen LogP contribution in [0.25, 0.3) is 22.2 Å². The van der Waals surface area contributed by atoms with Gasteiger partial charge in [-0.15, -0.1) is 0 Å². The monoisotopic (exact) mass is 183 g/mol. The Bertz CT molecular complexity index is 548. The van der Waals surface area contributed by atoms with Crippen molar-refractivity contribution in [3.8, 4) is 11.3 Å². The van der Waals surface area contributed by atoms with Crippen LogP contribution in [-0.4, -0.2) is 4.98 Å². The maximum absolute atomic E-state index is 5.33. The molecule has 3 aromatic rings. The lowest BCUT2D eigenvalue weighted by Gasteiger charge is -1.96. The molecule has 0 aliphatic rings. The molecule has 0 atom stereocenters. The van der Waals surface area contributed by atoms with Gasteiger partial charge in [0.15, 0.2) is 0 Å². The molecule has 0 fully saturated rings. The van der Waals surface area contributed by atoms with Crippen LogP contribution in [0.1, 0.15) is 0 Å². The number of H-pyrrole nitrogens is 1. The van der Waals surface area contributed by atoms with Crippen molar-refractivity contribution in [2.75, 3.05) is 0 Å². The molecule has 0 amide bonds. The third-order valence-corrected chi connectivity index (χ3v) is 2.36. The summed E-state index contributed by atoms with van der Waals surface area (Å²) in [6.07, 6.45) is 3.63. The van der Waals surface area contributed by atoms with Gasteiger partial charge in [0.1, 0.15) is 5.76 Å². The van der Waals surface area contributed by atoms with Crippen LogP contribution in [0.5, 0.6) is 0 Å². The van der Waals surface area contributed by atoms with Crippen molar-refractivity contribution < 1.29 is 4.42 Å². The standard InChI is InChI=1S/C12H9NO/c1-2-12(14-7-1)10-4-3-9-5-6-13-11(9)8-10/h1-8,13H. The van der Waals surface area contributed by atoms with E-state index >= 15 is 0 Å². The molecule has 2 heteroatoms. The van der Waals surface area contributed by atoms with E-state index in [4.69, 9.17) is 4.42 Å². The molecule has 0 aliphatic carbocycles. The first-order valence-corrected chi connectivity index (χ1v) is 4.54. The maximum Gasteiger partial charge on any atom is 0.133 e. The topological polar surface area (TPSA) is 28.9 Å². The van der Waals surface area contributed by atoms with Gasteiger partial charge in [0.05, 0.1) is 6.26 Å². The molecule has 0 aliphatic heterocycles. The fourth-order valence-electron chi connectivity index (χ4n) is 1.64. The van der Waals surface area contributed by atoms with Gasteiger partial charge >= 0.3 is 0 Å². The van der Waals surface area contributed by atoms with E-state index in [1.165, 1.54) is 5.39 Å². The fraction of sp³-hybridized carbons (Fsp3) is 0. The van der Waals surface area contributed by atoms with E-state index in [1.807, 2.05) is 18.3 Å². The lowest BCUT2D eigenvalue weighted by Crippen LogP contribution is -1.73. The Balaban J connectivity index is 2.23. The Hall–Kier alpha value is -1.96. The molecular formula is C12H9NO. The van der Waals surface area contributed by atoms with E-state index in [1.54, 1.807) is 6.26 Å². The number of aromatic amines is 1. The minimum Gasteiger partial charge on any atom is -0.464 e. The highest BCUT2D eigenvalue weighted by Crippen LogP contribution is 2.23. The lowest BCUT2D eigenvalue weighted by atomic mass is 10.1. The lowest BCUT2D eigenvalue weighted by molar-refractivity contribution is 0.582. The second-order valence-corrected chi connectivity index (χ2v) is 3.26. The summed E-state index contributed by atoms with van der Waals surface area (Å²) in [7, 11) is 0. The largest absolute Gasteiger partial charge is 0.464 e. The number of fused-ring (bicyclic) bond motifs is 1. The average molecular weight is 183 g/mol. The van der Waals surface area contributed by atoms with Crippen LogP contribution in [0, 0.1) is 0 Å². The van der Waals surface area contributed by atoms with E-state index in [9.17, 15) is 0 Å². The Kier molecular flexibility index (Phi) is 1.47. The molecule has 1 N–H and O–H groups in total. The van der Waals surface area contributed by atoms with Gasteiger partial charge in [-0.05, 0) is 29.7 Å². The van der Waals surface area contributed by atoms with Crippen LogP contribution < -0.4 is 0 Å². The molecule has 2 nitrogen and oxygen atoms in total. The summed E-state index contributed by atoms with van der Waals surface area (Å²) in [4.78, 5) is 3.18. The van der Waals surface area contributed by atoms with Crippen molar-refractivity contribution in [2.24, 2.45) is 0 Å². The highest BCUT2D eigenvalue weighted by molar-refractivity contribution is 5.83. The minimum atomic E-state index is 0.904. The summed E-state index contributed by atoms with van der Waals surface area (Å²) < 4.78 is 5.33. The number of furan rings is 1. The van der Waals surface area contributed by atoms with E-state index in [2.05, 4.69) is 29.2 Å². The number of rotatable bonds is 1. The molecule has 0 spiro atoms. The molecule has 0 radical (unpaired) electrons. The van der Waals surface area contributed by atoms with Gasteiger partial charge in [-0.3, -0.25) is 0 Å². The van der Waals surface area contributed by atoms with E-state index in [0.717, 1.165) is 16.8 Å². The normalized spacial score (nSPS) is 10.9. The second kappa shape index (κ2) is 2.77. The van der Waals surface area contributed by atoms with Gasteiger partial charge in [-0.2, -0.15) is 0 Å². The zero-order valence-electron chi connectivity index (χ0n) is 7.53. The summed E-state index contributed by atoms with van der Waals surface area (Å²) in [5, 5.41) is 1.22. The summed E-state index contributed by atoms with van der Waals surface area (Å²) in [5.41, 5.74) is 2.24. The summed E-state index contributed by atoms with van der Waals surface area (Å²) in [5.74, 6) is 0.904. The van der Waals surface area contributed by atoms with Gasteiger partial charge in [0.25, 0.3) is 0 Å². The molecule has 14 heavy (non-hydrogen) atoms. The molecular weight excluding hydrogens is 174 g/mol. The van der Waals surface area contributed by atoms with Crippen LogP contribution in [0.15, 0.2) is 53.3 Å². The quantitative estimate of drug-likeness (QED) is 0.615. The first-order chi connectivity index (χ1) is 6.93. The van der Waals surface area contributed by atoms with Gasteiger partial charge in [0, 0.05) is 17.3 Å². The highest BCUT2D eigenvalue weighted by Gasteiger charge is 2.01. The average Bonchev–Trinajstić information content (AvgIpc) is 2.88. The Morgan fingerprint density at radius 2 is 2.07 bits per heavy atom. The zero-order chi connectivity index (χ0) is 9.38. The first kappa shape index (κ1) is 7.44. The van der Waals surface area contributed by atoms with Gasteiger partial charge < -0.3 is 9.40 Å². The van der Waals surface area contributed by atoms with Gasteiger partial charge in [-0.1, -0.05) is 12.1 Å². The van der Waals surface area contributed by atoms with Crippen molar-refractivity contribution in [3.05, 3.63) is 48.9 Å². The third kappa shape index (κ3) is 1.04. The molecule has 1 aromatic carbocycles. The summed E-state index contributed by atoms with van der Waals surface area (Å²) >= 11 is 0. The van der Waals surface area contributed by atoms with Crippen molar-refractivity contribution in [2.45, 2.75) is 0 Å². The Labute approximate surface area is 81.2 Å². The Morgan fingerprint density at radius 1 is 1.07 bits per heavy atom. The molecule has 68 valence electrons. The van der Waals surface area contributed by atoms with Crippen LogP contribution >= 0.6 is 0 Å². The van der Waals surface area contributed by atoms with Gasteiger partial charge in [0.2, 0.25) is 0 Å². The second-order valence-electron chi connectivity index (χ2n) is 3.26. The fourth-order valence-corrected chi connectivity index (χ4v) is 1.64. The van der Waals surface area contributed by atoms with Crippen molar-refractivity contribution in [1.29, 1.82) is 0 Å². The smallest absolute Gasteiger partial charge is 0.133 e. The van der Waals surface area contributed by atoms with Crippen LogP contribution in [-0.2, 0) is 0 Å². The van der Waals surface area contributed by atoms with E-state index < -0.39 is 0 Å². The Morgan fingerprint density at radius 3 is 2.93 bits per heavy atom. The number of hydrogen-bond acceptors (Lipinski definition) is 1. The number of hydrogen-bond donors (Lipinski definition) is 1. The molecule has 0 bridgehead atoms. The van der Waals surface area contributed by atoms with E-state index in [0.29, 0.717) is 0 Å². The van der Waals surface area contributed by atoms with Crippen LogP contribution in [0.3, 0.4) is 0 Å². The number of benzene rings is 1. The molecule has 2 heterocycles.